The summed E-state index contributed by atoms with van der Waals surface area (Å²) in [6.07, 6.45) is -4.52. The van der Waals surface area contributed by atoms with E-state index in [0.717, 1.165) is 18.2 Å². The monoisotopic (exact) mass is 295 g/mol. The van der Waals surface area contributed by atoms with Gasteiger partial charge in [0, 0.05) is 11.4 Å². The summed E-state index contributed by atoms with van der Waals surface area (Å²) in [6.45, 7) is 1.38. The number of hydrogen-bond acceptors (Lipinski definition) is 3. The van der Waals surface area contributed by atoms with E-state index in [0.29, 0.717) is 0 Å². The van der Waals surface area contributed by atoms with Crippen molar-refractivity contribution in [3.63, 3.8) is 0 Å². The lowest BCUT2D eigenvalue weighted by atomic mass is 10.2. The van der Waals surface area contributed by atoms with Crippen LogP contribution < -0.4 is 5.32 Å². The summed E-state index contributed by atoms with van der Waals surface area (Å²) in [4.78, 5) is 11.4. The predicted octanol–water partition coefficient (Wildman–Crippen LogP) is 2.08. The highest BCUT2D eigenvalue weighted by Crippen LogP contribution is 2.30. The lowest BCUT2D eigenvalue weighted by Crippen LogP contribution is -2.24. The van der Waals surface area contributed by atoms with Crippen molar-refractivity contribution < 1.29 is 26.4 Å². The number of alkyl halides is 3. The molecule has 0 saturated heterocycles. The molecule has 0 aliphatic carbocycles. The van der Waals surface area contributed by atoms with Gasteiger partial charge in [-0.15, -0.1) is 0 Å². The van der Waals surface area contributed by atoms with Crippen LogP contribution in [0.4, 0.5) is 18.9 Å². The third kappa shape index (κ3) is 4.90. The minimum absolute atomic E-state index is 0.0915. The number of benzene rings is 1. The van der Waals surface area contributed by atoms with Crippen molar-refractivity contribution in [3.05, 3.63) is 29.8 Å². The molecule has 0 aliphatic heterocycles. The minimum Gasteiger partial charge on any atom is -0.325 e. The van der Waals surface area contributed by atoms with Crippen LogP contribution in [0.2, 0.25) is 0 Å². The first-order chi connectivity index (χ1) is 8.64. The van der Waals surface area contributed by atoms with Gasteiger partial charge in [0.1, 0.15) is 5.75 Å². The summed E-state index contributed by atoms with van der Waals surface area (Å²) in [5.74, 6) is -1.82. The first-order valence-corrected chi connectivity index (χ1v) is 7.14. The Hall–Kier alpha value is -1.57. The van der Waals surface area contributed by atoms with Crippen molar-refractivity contribution in [2.24, 2.45) is 0 Å². The molecule has 1 aromatic carbocycles. The van der Waals surface area contributed by atoms with E-state index < -0.39 is 33.2 Å². The predicted molar refractivity (Wildman–Crippen MR) is 64.4 cm³/mol. The van der Waals surface area contributed by atoms with Crippen LogP contribution in [0.1, 0.15) is 12.5 Å². The van der Waals surface area contributed by atoms with Gasteiger partial charge < -0.3 is 5.32 Å². The largest absolute Gasteiger partial charge is 0.416 e. The number of anilines is 1. The van der Waals surface area contributed by atoms with Gasteiger partial charge in [-0.1, -0.05) is 13.0 Å². The second kappa shape index (κ2) is 5.60. The highest BCUT2D eigenvalue weighted by atomic mass is 32.2. The molecule has 19 heavy (non-hydrogen) atoms. The quantitative estimate of drug-likeness (QED) is 0.925. The third-order valence-corrected chi connectivity index (χ3v) is 3.85. The van der Waals surface area contributed by atoms with Crippen LogP contribution in [-0.4, -0.2) is 25.8 Å². The average Bonchev–Trinajstić information content (AvgIpc) is 2.27. The number of sulfone groups is 1. The molecule has 1 N–H and O–H groups in total. The van der Waals surface area contributed by atoms with E-state index in [1.54, 1.807) is 0 Å². The van der Waals surface area contributed by atoms with Crippen LogP contribution in [0.5, 0.6) is 0 Å². The summed E-state index contributed by atoms with van der Waals surface area (Å²) < 4.78 is 59.6. The fourth-order valence-corrected chi connectivity index (χ4v) is 1.95. The van der Waals surface area contributed by atoms with Crippen LogP contribution in [0.3, 0.4) is 0 Å². The standard InChI is InChI=1S/C11H12F3NO3S/c1-2-19(17,18)7-10(16)15-9-5-3-4-8(6-9)11(12,13)14/h3-6H,2,7H2,1H3,(H,15,16). The zero-order valence-electron chi connectivity index (χ0n) is 9.99. The van der Waals surface area contributed by atoms with E-state index in [-0.39, 0.29) is 11.4 Å². The Bertz CT molecular complexity index is 567. The Balaban J connectivity index is 2.81. The molecule has 8 heteroatoms. The molecule has 0 unspecified atom stereocenters. The Morgan fingerprint density at radius 1 is 1.32 bits per heavy atom. The first-order valence-electron chi connectivity index (χ1n) is 5.31. The normalized spacial score (nSPS) is 12.2. The second-order valence-corrected chi connectivity index (χ2v) is 6.16. The maximum Gasteiger partial charge on any atom is 0.416 e. The fourth-order valence-electron chi connectivity index (χ4n) is 1.27. The van der Waals surface area contributed by atoms with E-state index in [4.69, 9.17) is 0 Å². The molecule has 106 valence electrons. The van der Waals surface area contributed by atoms with E-state index in [1.807, 2.05) is 0 Å². The van der Waals surface area contributed by atoms with Gasteiger partial charge in [0.2, 0.25) is 5.91 Å². The van der Waals surface area contributed by atoms with Gasteiger partial charge in [-0.25, -0.2) is 8.42 Å². The number of carbonyl (C=O) groups excluding carboxylic acids is 1. The molecule has 0 fully saturated rings. The molecule has 4 nitrogen and oxygen atoms in total. The zero-order valence-corrected chi connectivity index (χ0v) is 10.8. The van der Waals surface area contributed by atoms with Gasteiger partial charge in [0.15, 0.2) is 9.84 Å². The summed E-state index contributed by atoms with van der Waals surface area (Å²) in [6, 6.07) is 3.99. The number of carbonyl (C=O) groups is 1. The molecule has 1 amide bonds. The van der Waals surface area contributed by atoms with Crippen LogP contribution in [-0.2, 0) is 20.8 Å². The van der Waals surface area contributed by atoms with Gasteiger partial charge in [-0.05, 0) is 18.2 Å². The molecule has 0 aliphatic rings. The van der Waals surface area contributed by atoms with Crippen molar-refractivity contribution in [2.75, 3.05) is 16.8 Å². The molecule has 0 radical (unpaired) electrons. The van der Waals surface area contributed by atoms with Crippen molar-refractivity contribution in [3.8, 4) is 0 Å². The molecule has 1 rings (SSSR count). The fraction of sp³-hybridized carbons (Fsp3) is 0.364. The lowest BCUT2D eigenvalue weighted by Gasteiger charge is -2.09. The SMILES string of the molecule is CCS(=O)(=O)CC(=O)Nc1cccc(C(F)(F)F)c1. The van der Waals surface area contributed by atoms with Crippen LogP contribution in [0, 0.1) is 0 Å². The summed E-state index contributed by atoms with van der Waals surface area (Å²) in [5.41, 5.74) is -1.00. The Labute approximate surface area is 108 Å². The van der Waals surface area contributed by atoms with E-state index in [9.17, 15) is 26.4 Å². The van der Waals surface area contributed by atoms with Crippen LogP contribution in [0.15, 0.2) is 24.3 Å². The first kappa shape index (κ1) is 15.5. The molecular weight excluding hydrogens is 283 g/mol. The van der Waals surface area contributed by atoms with Crippen molar-refractivity contribution in [2.45, 2.75) is 13.1 Å². The number of hydrogen-bond donors (Lipinski definition) is 1. The molecule has 0 bridgehead atoms. The van der Waals surface area contributed by atoms with Crippen molar-refractivity contribution in [1.82, 2.24) is 0 Å². The van der Waals surface area contributed by atoms with Gasteiger partial charge in [-0.3, -0.25) is 4.79 Å². The average molecular weight is 295 g/mol. The van der Waals surface area contributed by atoms with Gasteiger partial charge >= 0.3 is 6.18 Å². The van der Waals surface area contributed by atoms with Gasteiger partial charge in [-0.2, -0.15) is 13.2 Å². The molecular formula is C11H12F3NO3S. The molecule has 1 aromatic rings. The molecule has 0 aromatic heterocycles. The topological polar surface area (TPSA) is 63.2 Å². The van der Waals surface area contributed by atoms with E-state index in [1.165, 1.54) is 13.0 Å². The highest BCUT2D eigenvalue weighted by molar-refractivity contribution is 7.92. The highest BCUT2D eigenvalue weighted by Gasteiger charge is 2.30. The van der Waals surface area contributed by atoms with E-state index in [2.05, 4.69) is 5.32 Å². The lowest BCUT2D eigenvalue weighted by molar-refractivity contribution is -0.137. The smallest absolute Gasteiger partial charge is 0.325 e. The van der Waals surface area contributed by atoms with E-state index >= 15 is 0 Å². The van der Waals surface area contributed by atoms with Crippen LogP contribution in [0.25, 0.3) is 0 Å². The Morgan fingerprint density at radius 2 is 1.95 bits per heavy atom. The van der Waals surface area contributed by atoms with Crippen LogP contribution >= 0.6 is 0 Å². The molecule has 0 heterocycles. The maximum atomic E-state index is 12.4. The summed E-state index contributed by atoms with van der Waals surface area (Å²) in [7, 11) is -3.51. The molecule has 0 saturated carbocycles. The Morgan fingerprint density at radius 3 is 2.47 bits per heavy atom. The second-order valence-electron chi connectivity index (χ2n) is 3.80. The molecule has 0 spiro atoms. The number of nitrogens with one attached hydrogen (secondary N) is 1. The number of amides is 1. The number of halogens is 3. The van der Waals surface area contributed by atoms with Crippen molar-refractivity contribution in [1.29, 1.82) is 0 Å². The van der Waals surface area contributed by atoms with Crippen molar-refractivity contribution >= 4 is 21.4 Å². The van der Waals surface area contributed by atoms with Gasteiger partial charge in [0.05, 0.1) is 5.56 Å². The number of rotatable bonds is 4. The third-order valence-electron chi connectivity index (χ3n) is 2.26. The summed E-state index contributed by atoms with van der Waals surface area (Å²) in [5, 5.41) is 2.13. The van der Waals surface area contributed by atoms with Gasteiger partial charge in [0.25, 0.3) is 0 Å². The molecule has 0 atom stereocenters. The minimum atomic E-state index is -4.52. The Kier molecular flexibility index (Phi) is 4.56. The zero-order chi connectivity index (χ0) is 14.7. The summed E-state index contributed by atoms with van der Waals surface area (Å²) >= 11 is 0. The maximum absolute atomic E-state index is 12.4.